The van der Waals surface area contributed by atoms with Crippen molar-refractivity contribution in [1.29, 1.82) is 0 Å². The zero-order valence-electron chi connectivity index (χ0n) is 11.1. The molecule has 0 saturated heterocycles. The average molecular weight is 249 g/mol. The third-order valence-electron chi connectivity index (χ3n) is 3.82. The minimum absolute atomic E-state index is 0.258. The zero-order chi connectivity index (χ0) is 12.8. The number of phenolic OH excluding ortho intramolecular Hbond substituents is 1. The number of phenols is 1. The van der Waals surface area contributed by atoms with Gasteiger partial charge >= 0.3 is 0 Å². The number of methoxy groups -OCH3 is 1. The van der Waals surface area contributed by atoms with E-state index in [9.17, 15) is 5.11 Å². The summed E-state index contributed by atoms with van der Waals surface area (Å²) in [5.74, 6) is 1.72. The van der Waals surface area contributed by atoms with Crippen molar-refractivity contribution in [2.45, 2.75) is 38.6 Å². The molecule has 0 amide bonds. The topological polar surface area (TPSA) is 41.5 Å². The van der Waals surface area contributed by atoms with E-state index in [1.807, 2.05) is 12.1 Å². The quantitative estimate of drug-likeness (QED) is 0.761. The lowest BCUT2D eigenvalue weighted by Crippen LogP contribution is -2.17. The maximum atomic E-state index is 9.93. The molecule has 1 fully saturated rings. The lowest BCUT2D eigenvalue weighted by molar-refractivity contribution is 0.369. The van der Waals surface area contributed by atoms with Crippen LogP contribution in [-0.4, -0.2) is 18.8 Å². The zero-order valence-corrected chi connectivity index (χ0v) is 11.1. The van der Waals surface area contributed by atoms with Gasteiger partial charge < -0.3 is 15.2 Å². The van der Waals surface area contributed by atoms with E-state index in [2.05, 4.69) is 5.32 Å². The number of hydrogen-bond acceptors (Lipinski definition) is 3. The van der Waals surface area contributed by atoms with Crippen LogP contribution >= 0.6 is 0 Å². The summed E-state index contributed by atoms with van der Waals surface area (Å²) in [6, 6.07) is 5.62. The number of para-hydroxylation sites is 1. The number of nitrogens with one attached hydrogen (secondary N) is 1. The maximum Gasteiger partial charge on any atom is 0.162 e. The molecular formula is C15H23NO2. The van der Waals surface area contributed by atoms with Crippen molar-refractivity contribution in [3.05, 3.63) is 23.8 Å². The van der Waals surface area contributed by atoms with Gasteiger partial charge in [0, 0.05) is 12.1 Å². The van der Waals surface area contributed by atoms with Crippen molar-refractivity contribution in [1.82, 2.24) is 5.32 Å². The largest absolute Gasteiger partial charge is 0.504 e. The van der Waals surface area contributed by atoms with Crippen molar-refractivity contribution >= 4 is 0 Å². The molecule has 100 valence electrons. The van der Waals surface area contributed by atoms with E-state index in [1.165, 1.54) is 32.1 Å². The standard InChI is InChI=1S/C15H23NO2/c1-18-14-8-4-7-13(15(14)17)11-16-10-9-12-5-2-3-6-12/h4,7-8,12,16-17H,2-3,5-6,9-11H2,1H3. The SMILES string of the molecule is COc1cccc(CNCCC2CCCC2)c1O. The van der Waals surface area contributed by atoms with Crippen LogP contribution < -0.4 is 10.1 Å². The molecule has 2 rings (SSSR count). The smallest absolute Gasteiger partial charge is 0.162 e. The second kappa shape index (κ2) is 6.64. The first kappa shape index (κ1) is 13.2. The van der Waals surface area contributed by atoms with Gasteiger partial charge in [0.25, 0.3) is 0 Å². The normalized spacial score (nSPS) is 16.1. The Hall–Kier alpha value is -1.22. The van der Waals surface area contributed by atoms with Crippen LogP contribution in [-0.2, 0) is 6.54 Å². The Kier molecular flexibility index (Phi) is 4.88. The van der Waals surface area contributed by atoms with Gasteiger partial charge in [-0.05, 0) is 24.9 Å². The molecule has 1 aromatic rings. The second-order valence-electron chi connectivity index (χ2n) is 5.08. The van der Waals surface area contributed by atoms with Crippen molar-refractivity contribution in [2.75, 3.05) is 13.7 Å². The Morgan fingerprint density at radius 2 is 2.11 bits per heavy atom. The van der Waals surface area contributed by atoms with E-state index in [-0.39, 0.29) is 5.75 Å². The molecule has 0 heterocycles. The summed E-state index contributed by atoms with van der Waals surface area (Å²) in [6.45, 7) is 1.73. The minimum atomic E-state index is 0.258. The maximum absolute atomic E-state index is 9.93. The fourth-order valence-electron chi connectivity index (χ4n) is 2.70. The Balaban J connectivity index is 1.75. The Bertz CT molecular complexity index is 373. The first-order valence-corrected chi connectivity index (χ1v) is 6.87. The summed E-state index contributed by atoms with van der Waals surface area (Å²) in [4.78, 5) is 0. The van der Waals surface area contributed by atoms with E-state index in [0.717, 1.165) is 18.0 Å². The Morgan fingerprint density at radius 3 is 2.83 bits per heavy atom. The molecule has 0 spiro atoms. The first-order valence-electron chi connectivity index (χ1n) is 6.87. The van der Waals surface area contributed by atoms with Gasteiger partial charge in [0.15, 0.2) is 11.5 Å². The van der Waals surface area contributed by atoms with Gasteiger partial charge in [0.05, 0.1) is 7.11 Å². The van der Waals surface area contributed by atoms with Crippen molar-refractivity contribution in [2.24, 2.45) is 5.92 Å². The molecule has 0 aliphatic heterocycles. The molecule has 0 bridgehead atoms. The molecule has 2 N–H and O–H groups in total. The fraction of sp³-hybridized carbons (Fsp3) is 0.600. The lowest BCUT2D eigenvalue weighted by Gasteiger charge is -2.11. The van der Waals surface area contributed by atoms with Crippen molar-refractivity contribution < 1.29 is 9.84 Å². The highest BCUT2D eigenvalue weighted by atomic mass is 16.5. The van der Waals surface area contributed by atoms with Gasteiger partial charge in [-0.2, -0.15) is 0 Å². The van der Waals surface area contributed by atoms with Gasteiger partial charge in [-0.3, -0.25) is 0 Å². The molecule has 0 aromatic heterocycles. The molecule has 1 aromatic carbocycles. The number of rotatable bonds is 6. The van der Waals surface area contributed by atoms with E-state index in [0.29, 0.717) is 12.3 Å². The van der Waals surface area contributed by atoms with E-state index in [1.54, 1.807) is 13.2 Å². The summed E-state index contributed by atoms with van der Waals surface area (Å²) in [7, 11) is 1.58. The number of hydrogen-bond donors (Lipinski definition) is 2. The predicted molar refractivity (Wildman–Crippen MR) is 72.9 cm³/mol. The van der Waals surface area contributed by atoms with Crippen LogP contribution in [0.2, 0.25) is 0 Å². The third kappa shape index (κ3) is 3.39. The number of benzene rings is 1. The lowest BCUT2D eigenvalue weighted by atomic mass is 10.0. The highest BCUT2D eigenvalue weighted by molar-refractivity contribution is 5.45. The highest BCUT2D eigenvalue weighted by Gasteiger charge is 2.14. The predicted octanol–water partition coefficient (Wildman–Crippen LogP) is 3.07. The van der Waals surface area contributed by atoms with Crippen LogP contribution in [0, 0.1) is 5.92 Å². The van der Waals surface area contributed by atoms with Crippen molar-refractivity contribution in [3.8, 4) is 11.5 Å². The number of aromatic hydroxyl groups is 1. The van der Waals surface area contributed by atoms with Crippen LogP contribution in [0.1, 0.15) is 37.7 Å². The molecular weight excluding hydrogens is 226 g/mol. The third-order valence-corrected chi connectivity index (χ3v) is 3.82. The summed E-state index contributed by atoms with van der Waals surface area (Å²) < 4.78 is 5.10. The average Bonchev–Trinajstić information content (AvgIpc) is 2.89. The summed E-state index contributed by atoms with van der Waals surface area (Å²) in [6.07, 6.45) is 6.85. The fourth-order valence-corrected chi connectivity index (χ4v) is 2.70. The van der Waals surface area contributed by atoms with Crippen molar-refractivity contribution in [3.63, 3.8) is 0 Å². The second-order valence-corrected chi connectivity index (χ2v) is 5.08. The molecule has 0 atom stereocenters. The molecule has 3 nitrogen and oxygen atoms in total. The van der Waals surface area contributed by atoms with Crippen LogP contribution in [0.5, 0.6) is 11.5 Å². The van der Waals surface area contributed by atoms with Gasteiger partial charge in [-0.25, -0.2) is 0 Å². The monoisotopic (exact) mass is 249 g/mol. The molecule has 0 unspecified atom stereocenters. The van der Waals surface area contributed by atoms with Crippen LogP contribution in [0.15, 0.2) is 18.2 Å². The van der Waals surface area contributed by atoms with E-state index < -0.39 is 0 Å². The summed E-state index contributed by atoms with van der Waals surface area (Å²) in [5, 5.41) is 13.3. The van der Waals surface area contributed by atoms with Gasteiger partial charge in [-0.1, -0.05) is 37.8 Å². The molecule has 1 saturated carbocycles. The highest BCUT2D eigenvalue weighted by Crippen LogP contribution is 2.29. The van der Waals surface area contributed by atoms with E-state index >= 15 is 0 Å². The van der Waals surface area contributed by atoms with Gasteiger partial charge in [0.1, 0.15) is 0 Å². The molecule has 1 aliphatic carbocycles. The Morgan fingerprint density at radius 1 is 1.33 bits per heavy atom. The van der Waals surface area contributed by atoms with Crippen LogP contribution in [0.4, 0.5) is 0 Å². The molecule has 3 heteroatoms. The van der Waals surface area contributed by atoms with Crippen LogP contribution in [0.25, 0.3) is 0 Å². The van der Waals surface area contributed by atoms with Gasteiger partial charge in [-0.15, -0.1) is 0 Å². The molecule has 0 radical (unpaired) electrons. The first-order chi connectivity index (χ1) is 8.81. The van der Waals surface area contributed by atoms with Gasteiger partial charge in [0.2, 0.25) is 0 Å². The number of ether oxygens (including phenoxy) is 1. The summed E-state index contributed by atoms with van der Waals surface area (Å²) >= 11 is 0. The molecule has 1 aliphatic rings. The summed E-state index contributed by atoms with van der Waals surface area (Å²) in [5.41, 5.74) is 0.903. The van der Waals surface area contributed by atoms with E-state index in [4.69, 9.17) is 4.74 Å². The Labute approximate surface area is 109 Å². The van der Waals surface area contributed by atoms with Crippen LogP contribution in [0.3, 0.4) is 0 Å². The minimum Gasteiger partial charge on any atom is -0.504 e. The molecule has 18 heavy (non-hydrogen) atoms.